The first-order chi connectivity index (χ1) is 11.5. The standard InChI is InChI=1S/C17H26N2O4S/c1-3-5-17(20)18-9-4-11-24(21,22)19-10-8-14-12-16(23-2)7-6-15(14)13-19/h6-7,12H,3-5,8-11,13H2,1-2H3,(H,18,20). The van der Waals surface area contributed by atoms with Crippen LogP contribution in [0.1, 0.15) is 37.3 Å². The second-order valence-electron chi connectivity index (χ2n) is 5.99. The van der Waals surface area contributed by atoms with E-state index in [9.17, 15) is 13.2 Å². The highest BCUT2D eigenvalue weighted by Crippen LogP contribution is 2.25. The molecule has 1 N–H and O–H groups in total. The number of hydrogen-bond donors (Lipinski definition) is 1. The fourth-order valence-corrected chi connectivity index (χ4v) is 4.27. The lowest BCUT2D eigenvalue weighted by atomic mass is 10.0. The fourth-order valence-electron chi connectivity index (χ4n) is 2.79. The van der Waals surface area contributed by atoms with E-state index in [1.54, 1.807) is 7.11 Å². The predicted octanol–water partition coefficient (Wildman–Crippen LogP) is 1.69. The van der Waals surface area contributed by atoms with Gasteiger partial charge in [0.1, 0.15) is 5.75 Å². The molecular formula is C17H26N2O4S. The van der Waals surface area contributed by atoms with Crippen LogP contribution in [0.4, 0.5) is 0 Å². The summed E-state index contributed by atoms with van der Waals surface area (Å²) in [6, 6.07) is 5.77. The molecule has 1 aliphatic heterocycles. The smallest absolute Gasteiger partial charge is 0.219 e. The number of rotatable bonds is 8. The Hall–Kier alpha value is -1.60. The Morgan fingerprint density at radius 2 is 2.12 bits per heavy atom. The van der Waals surface area contributed by atoms with Gasteiger partial charge in [-0.3, -0.25) is 4.79 Å². The van der Waals surface area contributed by atoms with Crippen molar-refractivity contribution in [2.75, 3.05) is 26.0 Å². The molecule has 0 aliphatic carbocycles. The monoisotopic (exact) mass is 354 g/mol. The average molecular weight is 354 g/mol. The molecule has 1 aliphatic rings. The Morgan fingerprint density at radius 1 is 1.33 bits per heavy atom. The van der Waals surface area contributed by atoms with Crippen LogP contribution in [0.15, 0.2) is 18.2 Å². The molecule has 0 aromatic heterocycles. The first-order valence-corrected chi connectivity index (χ1v) is 9.97. The molecule has 0 saturated carbocycles. The van der Waals surface area contributed by atoms with Crippen molar-refractivity contribution in [3.63, 3.8) is 0 Å². The van der Waals surface area contributed by atoms with Gasteiger partial charge in [0.15, 0.2) is 0 Å². The number of ether oxygens (including phenoxy) is 1. The highest BCUT2D eigenvalue weighted by molar-refractivity contribution is 7.89. The van der Waals surface area contributed by atoms with Crippen molar-refractivity contribution in [3.05, 3.63) is 29.3 Å². The van der Waals surface area contributed by atoms with Gasteiger partial charge >= 0.3 is 0 Å². The van der Waals surface area contributed by atoms with Crippen LogP contribution in [0.3, 0.4) is 0 Å². The lowest BCUT2D eigenvalue weighted by Gasteiger charge is -2.28. The first kappa shape index (κ1) is 18.7. The molecule has 24 heavy (non-hydrogen) atoms. The molecular weight excluding hydrogens is 328 g/mol. The number of carbonyl (C=O) groups excluding carboxylic acids is 1. The molecule has 0 radical (unpaired) electrons. The van der Waals surface area contributed by atoms with Crippen LogP contribution in [0.2, 0.25) is 0 Å². The number of hydrogen-bond acceptors (Lipinski definition) is 4. The minimum atomic E-state index is -3.30. The van der Waals surface area contributed by atoms with Gasteiger partial charge in [0, 0.05) is 26.1 Å². The molecule has 1 aromatic carbocycles. The van der Waals surface area contributed by atoms with E-state index in [4.69, 9.17) is 4.74 Å². The maximum absolute atomic E-state index is 12.5. The molecule has 0 atom stereocenters. The van der Waals surface area contributed by atoms with Gasteiger partial charge in [0.05, 0.1) is 12.9 Å². The maximum atomic E-state index is 12.5. The summed E-state index contributed by atoms with van der Waals surface area (Å²) in [6.45, 7) is 3.24. The zero-order chi connectivity index (χ0) is 17.6. The molecule has 2 rings (SSSR count). The van der Waals surface area contributed by atoms with Crippen molar-refractivity contribution >= 4 is 15.9 Å². The summed E-state index contributed by atoms with van der Waals surface area (Å²) >= 11 is 0. The number of methoxy groups -OCH3 is 1. The predicted molar refractivity (Wildman–Crippen MR) is 93.4 cm³/mol. The highest BCUT2D eigenvalue weighted by atomic mass is 32.2. The molecule has 0 bridgehead atoms. The number of benzene rings is 1. The van der Waals surface area contributed by atoms with Gasteiger partial charge in [-0.1, -0.05) is 13.0 Å². The van der Waals surface area contributed by atoms with Crippen molar-refractivity contribution in [3.8, 4) is 5.75 Å². The minimum absolute atomic E-state index is 0.0178. The minimum Gasteiger partial charge on any atom is -0.497 e. The molecule has 1 amide bonds. The van der Waals surface area contributed by atoms with E-state index in [0.29, 0.717) is 38.9 Å². The number of sulfonamides is 1. The Balaban J connectivity index is 1.87. The van der Waals surface area contributed by atoms with Crippen LogP contribution in [0, 0.1) is 0 Å². The molecule has 0 spiro atoms. The van der Waals surface area contributed by atoms with Crippen LogP contribution in [-0.2, 0) is 27.8 Å². The molecule has 134 valence electrons. The van der Waals surface area contributed by atoms with E-state index in [0.717, 1.165) is 23.3 Å². The van der Waals surface area contributed by atoms with Crippen LogP contribution in [0.5, 0.6) is 5.75 Å². The molecule has 7 heteroatoms. The van der Waals surface area contributed by atoms with Crippen LogP contribution in [-0.4, -0.2) is 44.6 Å². The van der Waals surface area contributed by atoms with E-state index in [1.807, 2.05) is 25.1 Å². The Labute approximate surface area is 144 Å². The van der Waals surface area contributed by atoms with E-state index in [-0.39, 0.29) is 11.7 Å². The normalized spacial score (nSPS) is 14.9. The highest BCUT2D eigenvalue weighted by Gasteiger charge is 2.26. The summed E-state index contributed by atoms with van der Waals surface area (Å²) in [5.41, 5.74) is 2.18. The second kappa shape index (κ2) is 8.48. The van der Waals surface area contributed by atoms with E-state index in [2.05, 4.69) is 5.32 Å². The van der Waals surface area contributed by atoms with Crippen molar-refractivity contribution in [2.24, 2.45) is 0 Å². The van der Waals surface area contributed by atoms with Crippen molar-refractivity contribution in [2.45, 2.75) is 39.2 Å². The van der Waals surface area contributed by atoms with Crippen molar-refractivity contribution in [1.82, 2.24) is 9.62 Å². The van der Waals surface area contributed by atoms with E-state index in [1.165, 1.54) is 4.31 Å². The summed E-state index contributed by atoms with van der Waals surface area (Å²) in [6.07, 6.45) is 2.41. The van der Waals surface area contributed by atoms with Gasteiger partial charge in [-0.05, 0) is 42.5 Å². The summed E-state index contributed by atoms with van der Waals surface area (Å²) in [4.78, 5) is 11.4. The summed E-state index contributed by atoms with van der Waals surface area (Å²) in [5.74, 6) is 0.842. The van der Waals surface area contributed by atoms with E-state index < -0.39 is 10.0 Å². The third kappa shape index (κ3) is 4.95. The molecule has 1 heterocycles. The zero-order valence-corrected chi connectivity index (χ0v) is 15.2. The molecule has 1 aromatic rings. The molecule has 0 unspecified atom stereocenters. The van der Waals surface area contributed by atoms with Crippen molar-refractivity contribution in [1.29, 1.82) is 0 Å². The van der Waals surface area contributed by atoms with Crippen LogP contribution < -0.4 is 10.1 Å². The molecule has 0 saturated heterocycles. The second-order valence-corrected chi connectivity index (χ2v) is 8.08. The third-order valence-corrected chi connectivity index (χ3v) is 6.07. The van der Waals surface area contributed by atoms with E-state index >= 15 is 0 Å². The number of fused-ring (bicyclic) bond motifs is 1. The van der Waals surface area contributed by atoms with Crippen LogP contribution >= 0.6 is 0 Å². The third-order valence-electron chi connectivity index (χ3n) is 4.16. The number of nitrogens with one attached hydrogen (secondary N) is 1. The fraction of sp³-hybridized carbons (Fsp3) is 0.588. The lowest BCUT2D eigenvalue weighted by Crippen LogP contribution is -2.38. The number of carbonyl (C=O) groups is 1. The van der Waals surface area contributed by atoms with Crippen LogP contribution in [0.25, 0.3) is 0 Å². The summed E-state index contributed by atoms with van der Waals surface area (Å²) < 4.78 is 31.7. The van der Waals surface area contributed by atoms with Gasteiger partial charge in [-0.15, -0.1) is 0 Å². The largest absolute Gasteiger partial charge is 0.497 e. The topological polar surface area (TPSA) is 75.7 Å². The van der Waals surface area contributed by atoms with Gasteiger partial charge < -0.3 is 10.1 Å². The van der Waals surface area contributed by atoms with Crippen molar-refractivity contribution < 1.29 is 17.9 Å². The van der Waals surface area contributed by atoms with Gasteiger partial charge in [0.25, 0.3) is 0 Å². The number of nitrogens with zero attached hydrogens (tertiary/aromatic N) is 1. The summed E-state index contributed by atoms with van der Waals surface area (Å²) in [5, 5.41) is 2.75. The zero-order valence-electron chi connectivity index (χ0n) is 14.4. The first-order valence-electron chi connectivity index (χ1n) is 8.36. The Kier molecular flexibility index (Phi) is 6.62. The lowest BCUT2D eigenvalue weighted by molar-refractivity contribution is -0.121. The Bertz CT molecular complexity index is 673. The van der Waals surface area contributed by atoms with Gasteiger partial charge in [-0.25, -0.2) is 8.42 Å². The summed E-state index contributed by atoms with van der Waals surface area (Å²) in [7, 11) is -1.68. The molecule has 0 fully saturated rings. The SMILES string of the molecule is CCCC(=O)NCCCS(=O)(=O)N1CCc2cc(OC)ccc2C1. The van der Waals surface area contributed by atoms with Gasteiger partial charge in [0.2, 0.25) is 15.9 Å². The maximum Gasteiger partial charge on any atom is 0.219 e. The van der Waals surface area contributed by atoms with Gasteiger partial charge in [-0.2, -0.15) is 4.31 Å². The average Bonchev–Trinajstić information content (AvgIpc) is 2.58. The quantitative estimate of drug-likeness (QED) is 0.721. The number of amides is 1. The Morgan fingerprint density at radius 3 is 2.83 bits per heavy atom. The molecule has 6 nitrogen and oxygen atoms in total.